The van der Waals surface area contributed by atoms with E-state index in [-0.39, 0.29) is 55.9 Å². The molecule has 74 heavy (non-hydrogen) atoms. The van der Waals surface area contributed by atoms with Crippen LogP contribution in [0.4, 0.5) is 21.0 Å². The van der Waals surface area contributed by atoms with Gasteiger partial charge in [0, 0.05) is 51.3 Å². The van der Waals surface area contributed by atoms with Gasteiger partial charge in [-0.25, -0.2) is 19.4 Å². The van der Waals surface area contributed by atoms with Crippen LogP contribution in [0.15, 0.2) is 49.6 Å². The van der Waals surface area contributed by atoms with E-state index < -0.39 is 43.2 Å². The third-order valence-corrected chi connectivity index (χ3v) is 14.0. The van der Waals surface area contributed by atoms with Crippen molar-refractivity contribution in [2.75, 3.05) is 62.5 Å². The van der Waals surface area contributed by atoms with Gasteiger partial charge in [-0.3, -0.25) is 14.4 Å². The van der Waals surface area contributed by atoms with E-state index in [0.717, 1.165) is 63.4 Å². The molecule has 2 aromatic carbocycles. The lowest BCUT2D eigenvalue weighted by molar-refractivity contribution is -0.199. The van der Waals surface area contributed by atoms with E-state index in [0.29, 0.717) is 111 Å². The van der Waals surface area contributed by atoms with Crippen molar-refractivity contribution < 1.29 is 71.8 Å². The first-order valence-corrected chi connectivity index (χ1v) is 26.4. The van der Waals surface area contributed by atoms with Crippen molar-refractivity contribution >= 4 is 47.1 Å². The molecule has 8 rings (SSSR count). The maximum Gasteiger partial charge on any atom is 0.416 e. The summed E-state index contributed by atoms with van der Waals surface area (Å²) in [5.41, 5.74) is 3.00. The Kier molecular flexibility index (Phi) is 20.3. The van der Waals surface area contributed by atoms with E-state index in [1.165, 1.54) is 22.0 Å². The summed E-state index contributed by atoms with van der Waals surface area (Å²) in [5.74, 6) is -0.0909. The van der Waals surface area contributed by atoms with Crippen LogP contribution in [0.3, 0.4) is 0 Å². The van der Waals surface area contributed by atoms with Crippen molar-refractivity contribution in [1.82, 2.24) is 9.80 Å². The van der Waals surface area contributed by atoms with Crippen LogP contribution in [0, 0.1) is 13.8 Å². The Morgan fingerprint density at radius 2 is 1.07 bits per heavy atom. The van der Waals surface area contributed by atoms with Crippen molar-refractivity contribution in [3.8, 4) is 11.5 Å². The van der Waals surface area contributed by atoms with Gasteiger partial charge in [0.1, 0.15) is 30.5 Å². The number of aliphatic carboxylic acids is 1. The molecule has 19 nitrogen and oxygen atoms in total. The average molecular weight is 1030 g/mol. The number of carboxylic acid groups (broad SMARTS) is 1. The standard InChI is InChI=1S/C28H38N2O7.C27H36N2O8/c1-4-14-36-28(33)30-23-18-24(34-16-9-10-20(3)31)19(2)17-21(23)26(32)29-13-7-5-11-22(29)27(30)37-25-12-6-8-15-35-25;1-3-13-36-27(33)29-21-17-22(34-15-8-10-23(30)31)18(2)16-19(21)25(32)28-12-6-4-9-20(28)26(29)37-24-11-5-7-14-35-24/h4,17-18,22,25,27H,1,5-16H2,2-3H3;3,16-17,20,24,26H,1,4-15H2,2H3,(H,30,31)/t22-,25?,27?;20-,24?,26?/m00/s1. The molecular weight excluding hydrogens is 957 g/mol. The second kappa shape index (κ2) is 27.0. The van der Waals surface area contributed by atoms with Gasteiger partial charge in [-0.15, -0.1) is 0 Å². The number of anilines is 2. The number of Topliss-reactive ketones (excluding diaryl/α,β-unsaturated/α-hetero) is 1. The highest BCUT2D eigenvalue weighted by Crippen LogP contribution is 2.42. The van der Waals surface area contributed by atoms with Gasteiger partial charge in [-0.05, 0) is 134 Å². The fourth-order valence-electron chi connectivity index (χ4n) is 10.3. The molecule has 0 bridgehead atoms. The number of hydrogen-bond acceptors (Lipinski definition) is 14. The number of aryl methyl sites for hydroxylation is 2. The fraction of sp³-hybridized carbons (Fsp3) is 0.600. The summed E-state index contributed by atoms with van der Waals surface area (Å²) >= 11 is 0. The first kappa shape index (κ1) is 55.7. The van der Waals surface area contributed by atoms with Gasteiger partial charge < -0.3 is 57.6 Å². The van der Waals surface area contributed by atoms with Gasteiger partial charge in [0.25, 0.3) is 11.8 Å². The van der Waals surface area contributed by atoms with E-state index in [9.17, 15) is 28.8 Å². The summed E-state index contributed by atoms with van der Waals surface area (Å²) in [4.78, 5) is 83.5. The molecule has 2 aromatic rings. The fourth-order valence-corrected chi connectivity index (χ4v) is 10.3. The average Bonchev–Trinajstić information content (AvgIpc) is 3.56. The summed E-state index contributed by atoms with van der Waals surface area (Å²) in [6.45, 7) is 15.4. The first-order valence-electron chi connectivity index (χ1n) is 26.4. The van der Waals surface area contributed by atoms with E-state index in [1.807, 2.05) is 23.6 Å². The van der Waals surface area contributed by atoms with E-state index in [1.54, 1.807) is 31.2 Å². The largest absolute Gasteiger partial charge is 0.493 e. The number of amides is 4. The van der Waals surface area contributed by atoms with Gasteiger partial charge in [0.2, 0.25) is 0 Å². The molecule has 4 saturated heterocycles. The Balaban J connectivity index is 0.000000216. The molecule has 19 heteroatoms. The number of nitrogens with zero attached hydrogens (tertiary/aromatic N) is 4. The molecule has 6 aliphatic rings. The predicted molar refractivity (Wildman–Crippen MR) is 272 cm³/mol. The highest BCUT2D eigenvalue weighted by atomic mass is 16.7. The van der Waals surface area contributed by atoms with E-state index >= 15 is 0 Å². The highest BCUT2D eigenvalue weighted by molar-refractivity contribution is 6.06. The van der Waals surface area contributed by atoms with Crippen LogP contribution in [0.1, 0.15) is 141 Å². The van der Waals surface area contributed by atoms with Crippen LogP contribution < -0.4 is 19.3 Å². The van der Waals surface area contributed by atoms with Crippen LogP contribution in [0.5, 0.6) is 11.5 Å². The van der Waals surface area contributed by atoms with E-state index in [4.69, 9.17) is 43.0 Å². The number of ether oxygens (including phenoxy) is 8. The second-order valence-corrected chi connectivity index (χ2v) is 19.5. The number of ketones is 1. The summed E-state index contributed by atoms with van der Waals surface area (Å²) in [6.07, 6.45) is 10.7. The molecule has 0 aromatic heterocycles. The number of hydrogen-bond donors (Lipinski definition) is 1. The lowest BCUT2D eigenvalue weighted by Gasteiger charge is -2.42. The molecule has 4 fully saturated rings. The summed E-state index contributed by atoms with van der Waals surface area (Å²) in [7, 11) is 0. The van der Waals surface area contributed by atoms with Gasteiger partial charge in [0.15, 0.2) is 25.0 Å². The van der Waals surface area contributed by atoms with Crippen LogP contribution in [0.2, 0.25) is 0 Å². The number of piperidine rings is 2. The number of rotatable bonds is 18. The van der Waals surface area contributed by atoms with Gasteiger partial charge >= 0.3 is 18.2 Å². The number of carbonyl (C=O) groups excluding carboxylic acids is 5. The lowest BCUT2D eigenvalue weighted by atomic mass is 10.00. The third kappa shape index (κ3) is 13.8. The van der Waals surface area contributed by atoms with Crippen molar-refractivity contribution in [2.24, 2.45) is 0 Å². The first-order chi connectivity index (χ1) is 35.8. The van der Waals surface area contributed by atoms with Gasteiger partial charge in [-0.2, -0.15) is 0 Å². The monoisotopic (exact) mass is 1030 g/mol. The molecule has 0 saturated carbocycles. The topological polar surface area (TPSA) is 209 Å². The molecule has 0 spiro atoms. The van der Waals surface area contributed by atoms with Crippen LogP contribution >= 0.6 is 0 Å². The molecule has 6 aliphatic heterocycles. The van der Waals surface area contributed by atoms with Crippen molar-refractivity contribution in [3.05, 3.63) is 71.8 Å². The Morgan fingerprint density at radius 1 is 0.635 bits per heavy atom. The maximum absolute atomic E-state index is 13.9. The third-order valence-electron chi connectivity index (χ3n) is 14.0. The zero-order valence-corrected chi connectivity index (χ0v) is 43.3. The molecule has 1 N–H and O–H groups in total. The lowest BCUT2D eigenvalue weighted by Crippen LogP contribution is -2.57. The molecule has 6 atom stereocenters. The quantitative estimate of drug-likeness (QED) is 0.109. The molecule has 404 valence electrons. The second-order valence-electron chi connectivity index (χ2n) is 19.5. The summed E-state index contributed by atoms with van der Waals surface area (Å²) in [6, 6.07) is 6.18. The van der Waals surface area contributed by atoms with Crippen molar-refractivity contribution in [1.29, 1.82) is 0 Å². The zero-order chi connectivity index (χ0) is 52.7. The number of carboxylic acids is 1. The maximum atomic E-state index is 13.9. The summed E-state index contributed by atoms with van der Waals surface area (Å²) < 4.78 is 47.6. The van der Waals surface area contributed by atoms with Gasteiger partial charge in [-0.1, -0.05) is 25.3 Å². The Bertz CT molecular complexity index is 2170. The van der Waals surface area contributed by atoms with Crippen LogP contribution in [-0.4, -0.2) is 141 Å². The predicted octanol–water partition coefficient (Wildman–Crippen LogP) is 8.99. The minimum Gasteiger partial charge on any atom is -0.493 e. The van der Waals surface area contributed by atoms with Crippen molar-refractivity contribution in [3.63, 3.8) is 0 Å². The van der Waals surface area contributed by atoms with Gasteiger partial charge in [0.05, 0.1) is 47.8 Å². The Labute approximate surface area is 433 Å². The smallest absolute Gasteiger partial charge is 0.416 e. The van der Waals surface area contributed by atoms with E-state index in [2.05, 4.69) is 13.2 Å². The molecular formula is C55H74N4O15. The zero-order valence-electron chi connectivity index (χ0n) is 43.3. The molecule has 0 radical (unpaired) electrons. The van der Waals surface area contributed by atoms with Crippen LogP contribution in [-0.2, 0) is 38.0 Å². The molecule has 6 heterocycles. The number of benzene rings is 2. The summed E-state index contributed by atoms with van der Waals surface area (Å²) in [5, 5.41) is 8.93. The molecule has 4 amide bonds. The molecule has 0 aliphatic carbocycles. The van der Waals surface area contributed by atoms with Crippen molar-refractivity contribution in [2.45, 2.75) is 161 Å². The minimum atomic E-state index is -0.898. The SMILES string of the molecule is C=CCOC(=O)N1c2cc(OCCCC(=O)O)c(C)cc2C(=O)N2CCCC[C@H]2C1OC1CCCCO1.C=CCOC(=O)N1c2cc(OCCCC(C)=O)c(C)cc2C(=O)N2CCCC[C@H]2C1OC1CCCCO1. The van der Waals surface area contributed by atoms with Crippen LogP contribution in [0.25, 0.3) is 0 Å². The Morgan fingerprint density at radius 3 is 1.46 bits per heavy atom. The number of fused-ring (bicyclic) bond motifs is 4. The minimum absolute atomic E-state index is 0.00402. The highest BCUT2D eigenvalue weighted by Gasteiger charge is 2.48. The normalized spacial score (nSPS) is 23.5. The number of carbonyl (C=O) groups is 6. The Hall–Kier alpha value is -6.02. The molecule has 4 unspecified atom stereocenters.